The topological polar surface area (TPSA) is 111 Å². The average molecular weight is 290 g/mol. The van der Waals surface area contributed by atoms with E-state index in [1.807, 2.05) is 0 Å². The number of nitro benzene ring substituents is 1. The molecule has 1 heterocycles. The molecule has 0 fully saturated rings. The number of rotatable bonds is 3. The van der Waals surface area contributed by atoms with Crippen molar-refractivity contribution in [2.45, 2.75) is 6.92 Å². The number of carbonyl (C=O) groups is 1. The van der Waals surface area contributed by atoms with Gasteiger partial charge in [-0.2, -0.15) is 0 Å². The molecule has 0 aliphatic rings. The van der Waals surface area contributed by atoms with Crippen molar-refractivity contribution >= 4 is 23.1 Å². The Kier molecular flexibility index (Phi) is 3.79. The lowest BCUT2D eigenvalue weighted by Crippen LogP contribution is -2.16. The largest absolute Gasteiger partial charge is 0.393 e. The van der Waals surface area contributed by atoms with Gasteiger partial charge >= 0.3 is 0 Å². The number of carbonyl (C=O) groups excluding carboxylic acids is 1. The highest BCUT2D eigenvalue weighted by atomic mass is 19.1. The van der Waals surface area contributed by atoms with E-state index in [9.17, 15) is 19.3 Å². The Balaban J connectivity index is 2.40. The molecular weight excluding hydrogens is 279 g/mol. The first kappa shape index (κ1) is 14.4. The maximum absolute atomic E-state index is 13.4. The number of nitrogen functional groups attached to an aromatic ring is 1. The zero-order chi connectivity index (χ0) is 15.6. The zero-order valence-electron chi connectivity index (χ0n) is 11.0. The van der Waals surface area contributed by atoms with Crippen molar-refractivity contribution < 1.29 is 14.1 Å². The molecule has 7 nitrogen and oxygen atoms in total. The number of hydrogen-bond donors (Lipinski definition) is 2. The van der Waals surface area contributed by atoms with Crippen molar-refractivity contribution in [2.24, 2.45) is 0 Å². The molecule has 0 atom stereocenters. The number of halogens is 1. The number of anilines is 2. The van der Waals surface area contributed by atoms with Crippen molar-refractivity contribution in [3.8, 4) is 0 Å². The third-order valence-electron chi connectivity index (χ3n) is 2.81. The highest BCUT2D eigenvalue weighted by molar-refractivity contribution is 6.08. The minimum absolute atomic E-state index is 0.272. The standard InChI is InChI=1S/C13H11FN4O3/c1-7-3-2-4-16-12(7)17-13(19)9-5-8(14)6-10(11(9)15)18(20)21/h2-6H,15H2,1H3,(H,16,17,19). The van der Waals surface area contributed by atoms with Gasteiger partial charge < -0.3 is 11.1 Å². The zero-order valence-corrected chi connectivity index (χ0v) is 11.0. The van der Waals surface area contributed by atoms with E-state index in [-0.39, 0.29) is 11.4 Å². The average Bonchev–Trinajstić information content (AvgIpc) is 2.43. The van der Waals surface area contributed by atoms with Gasteiger partial charge in [0.25, 0.3) is 11.6 Å². The third-order valence-corrected chi connectivity index (χ3v) is 2.81. The molecule has 0 spiro atoms. The molecule has 3 N–H and O–H groups in total. The maximum atomic E-state index is 13.4. The summed E-state index contributed by atoms with van der Waals surface area (Å²) in [5, 5.41) is 13.2. The molecule has 0 saturated heterocycles. The predicted molar refractivity (Wildman–Crippen MR) is 74.4 cm³/mol. The predicted octanol–water partition coefficient (Wildman–Crippen LogP) is 2.27. The van der Waals surface area contributed by atoms with Crippen LogP contribution in [-0.2, 0) is 0 Å². The summed E-state index contributed by atoms with van der Waals surface area (Å²) in [6.45, 7) is 1.72. The fourth-order valence-corrected chi connectivity index (χ4v) is 1.73. The van der Waals surface area contributed by atoms with E-state index >= 15 is 0 Å². The van der Waals surface area contributed by atoms with Gasteiger partial charge in [0.2, 0.25) is 0 Å². The van der Waals surface area contributed by atoms with Gasteiger partial charge in [-0.05, 0) is 24.6 Å². The first-order valence-corrected chi connectivity index (χ1v) is 5.86. The van der Waals surface area contributed by atoms with E-state index in [0.717, 1.165) is 6.07 Å². The number of hydrogen-bond acceptors (Lipinski definition) is 5. The fourth-order valence-electron chi connectivity index (χ4n) is 1.73. The molecular formula is C13H11FN4O3. The van der Waals surface area contributed by atoms with Crippen LogP contribution in [0, 0.1) is 22.9 Å². The summed E-state index contributed by atoms with van der Waals surface area (Å²) in [7, 11) is 0. The number of aromatic nitrogens is 1. The van der Waals surface area contributed by atoms with Crippen LogP contribution in [0.25, 0.3) is 0 Å². The smallest absolute Gasteiger partial charge is 0.295 e. The Hall–Kier alpha value is -3.03. The molecule has 0 saturated carbocycles. The summed E-state index contributed by atoms with van der Waals surface area (Å²) < 4.78 is 13.4. The summed E-state index contributed by atoms with van der Waals surface area (Å²) in [5.41, 5.74) is 4.88. The molecule has 2 aromatic rings. The molecule has 0 bridgehead atoms. The molecule has 8 heteroatoms. The van der Waals surface area contributed by atoms with Gasteiger partial charge in [0, 0.05) is 6.20 Å². The minimum atomic E-state index is -0.918. The minimum Gasteiger partial charge on any atom is -0.393 e. The second-order valence-electron chi connectivity index (χ2n) is 4.27. The number of aryl methyl sites for hydroxylation is 1. The van der Waals surface area contributed by atoms with Crippen LogP contribution in [-0.4, -0.2) is 15.8 Å². The molecule has 0 radical (unpaired) electrons. The van der Waals surface area contributed by atoms with E-state index < -0.39 is 28.0 Å². The molecule has 0 aliphatic carbocycles. The molecule has 21 heavy (non-hydrogen) atoms. The number of nitrogens with one attached hydrogen (secondary N) is 1. The summed E-state index contributed by atoms with van der Waals surface area (Å²) in [5.74, 6) is -1.41. The molecule has 2 rings (SSSR count). The molecule has 1 aromatic carbocycles. The van der Waals surface area contributed by atoms with Gasteiger partial charge in [-0.3, -0.25) is 14.9 Å². The van der Waals surface area contributed by atoms with Crippen LogP contribution in [0.2, 0.25) is 0 Å². The summed E-state index contributed by atoms with van der Waals surface area (Å²) in [6.07, 6.45) is 1.47. The van der Waals surface area contributed by atoms with Crippen LogP contribution in [0.4, 0.5) is 21.6 Å². The van der Waals surface area contributed by atoms with Crippen molar-refractivity contribution in [1.82, 2.24) is 4.98 Å². The van der Waals surface area contributed by atoms with Crippen LogP contribution in [0.5, 0.6) is 0 Å². The van der Waals surface area contributed by atoms with Gasteiger partial charge in [-0.15, -0.1) is 0 Å². The first-order valence-electron chi connectivity index (χ1n) is 5.86. The first-order chi connectivity index (χ1) is 9.90. The SMILES string of the molecule is Cc1cccnc1NC(=O)c1cc(F)cc([N+](=O)[O-])c1N. The molecule has 108 valence electrons. The van der Waals surface area contributed by atoms with Crippen LogP contribution in [0.15, 0.2) is 30.5 Å². The monoisotopic (exact) mass is 290 g/mol. The van der Waals surface area contributed by atoms with E-state index in [4.69, 9.17) is 5.73 Å². The van der Waals surface area contributed by atoms with E-state index in [2.05, 4.69) is 10.3 Å². The highest BCUT2D eigenvalue weighted by Crippen LogP contribution is 2.27. The molecule has 0 unspecified atom stereocenters. The number of pyridine rings is 1. The number of benzene rings is 1. The Morgan fingerprint density at radius 3 is 2.81 bits per heavy atom. The lowest BCUT2D eigenvalue weighted by Gasteiger charge is -2.09. The molecule has 1 aromatic heterocycles. The Labute approximate surface area is 118 Å². The van der Waals surface area contributed by atoms with Gasteiger partial charge in [0.15, 0.2) is 0 Å². The Morgan fingerprint density at radius 1 is 1.48 bits per heavy atom. The van der Waals surface area contributed by atoms with Crippen LogP contribution in [0.1, 0.15) is 15.9 Å². The second kappa shape index (κ2) is 5.53. The normalized spacial score (nSPS) is 10.2. The van der Waals surface area contributed by atoms with Crippen LogP contribution < -0.4 is 11.1 Å². The third kappa shape index (κ3) is 2.94. The lowest BCUT2D eigenvalue weighted by atomic mass is 10.1. The number of nitrogens with zero attached hydrogens (tertiary/aromatic N) is 2. The summed E-state index contributed by atoms with van der Waals surface area (Å²) in [4.78, 5) is 26.0. The van der Waals surface area contributed by atoms with Crippen molar-refractivity contribution in [2.75, 3.05) is 11.1 Å². The van der Waals surface area contributed by atoms with E-state index in [1.165, 1.54) is 6.20 Å². The molecule has 0 aliphatic heterocycles. The lowest BCUT2D eigenvalue weighted by molar-refractivity contribution is -0.384. The van der Waals surface area contributed by atoms with Crippen LogP contribution >= 0.6 is 0 Å². The van der Waals surface area contributed by atoms with E-state index in [1.54, 1.807) is 19.1 Å². The van der Waals surface area contributed by atoms with Gasteiger partial charge in [0.1, 0.15) is 17.3 Å². The van der Waals surface area contributed by atoms with E-state index in [0.29, 0.717) is 11.6 Å². The Bertz CT molecular complexity index is 733. The number of nitro groups is 1. The number of nitrogens with two attached hydrogens (primary N) is 1. The summed E-state index contributed by atoms with van der Waals surface area (Å²) >= 11 is 0. The second-order valence-corrected chi connectivity index (χ2v) is 4.27. The fraction of sp³-hybridized carbons (Fsp3) is 0.0769. The molecule has 1 amide bonds. The highest BCUT2D eigenvalue weighted by Gasteiger charge is 2.22. The summed E-state index contributed by atoms with van der Waals surface area (Å²) in [6, 6.07) is 4.92. The number of amides is 1. The van der Waals surface area contributed by atoms with Crippen LogP contribution in [0.3, 0.4) is 0 Å². The van der Waals surface area contributed by atoms with Crippen molar-refractivity contribution in [3.05, 3.63) is 57.5 Å². The van der Waals surface area contributed by atoms with Crippen molar-refractivity contribution in [3.63, 3.8) is 0 Å². The Morgan fingerprint density at radius 2 is 2.19 bits per heavy atom. The van der Waals surface area contributed by atoms with Crippen molar-refractivity contribution in [1.29, 1.82) is 0 Å². The van der Waals surface area contributed by atoms with Gasteiger partial charge in [-0.1, -0.05) is 6.07 Å². The maximum Gasteiger partial charge on any atom is 0.295 e. The quantitative estimate of drug-likeness (QED) is 0.511. The van der Waals surface area contributed by atoms with Gasteiger partial charge in [0.05, 0.1) is 16.6 Å². The van der Waals surface area contributed by atoms with Gasteiger partial charge in [-0.25, -0.2) is 9.37 Å².